The van der Waals surface area contributed by atoms with E-state index in [1.54, 1.807) is 6.20 Å². The first-order chi connectivity index (χ1) is 14.2. The summed E-state index contributed by atoms with van der Waals surface area (Å²) in [5.41, 5.74) is 2.95. The Morgan fingerprint density at radius 1 is 1.07 bits per heavy atom. The van der Waals surface area contributed by atoms with E-state index in [9.17, 15) is 4.79 Å². The van der Waals surface area contributed by atoms with E-state index in [0.29, 0.717) is 18.9 Å². The molecule has 1 aromatic carbocycles. The lowest BCUT2D eigenvalue weighted by molar-refractivity contribution is -0.136. The number of carbonyl (C=O) groups is 1. The van der Waals surface area contributed by atoms with Crippen LogP contribution >= 0.6 is 0 Å². The summed E-state index contributed by atoms with van der Waals surface area (Å²) in [5, 5.41) is 8.81. The van der Waals surface area contributed by atoms with Crippen molar-refractivity contribution in [2.75, 3.05) is 26.2 Å². The van der Waals surface area contributed by atoms with Crippen molar-refractivity contribution in [1.82, 2.24) is 14.8 Å². The van der Waals surface area contributed by atoms with Gasteiger partial charge in [-0.05, 0) is 49.2 Å². The fraction of sp³-hybridized carbons (Fsp3) is 0.417. The standard InChI is InChI=1S/C24H27N3O2/c28-16-4-2-5-20-7-9-21(10-8-20)17-26-14-11-24(19-26)12-15-27(23(24)29)18-22-6-1-3-13-25-22/h1,3,6-10,13,28H,4,11-12,14-19H2. The number of nitrogens with zero attached hydrogens (tertiary/aromatic N) is 3. The van der Waals surface area contributed by atoms with Gasteiger partial charge in [0.25, 0.3) is 0 Å². The SMILES string of the molecule is O=C1N(Cc2ccccn2)CCC12CCN(Cc1ccc(C#CCCO)cc1)C2. The molecule has 4 rings (SSSR count). The van der Waals surface area contributed by atoms with Gasteiger partial charge in [0.2, 0.25) is 5.91 Å². The van der Waals surface area contributed by atoms with Gasteiger partial charge in [-0.25, -0.2) is 0 Å². The van der Waals surface area contributed by atoms with E-state index in [4.69, 9.17) is 5.11 Å². The van der Waals surface area contributed by atoms with Gasteiger partial charge in [-0.1, -0.05) is 30.0 Å². The first-order valence-electron chi connectivity index (χ1n) is 10.3. The normalized spacial score (nSPS) is 21.6. The molecule has 5 nitrogen and oxygen atoms in total. The van der Waals surface area contributed by atoms with Gasteiger partial charge in [-0.15, -0.1) is 0 Å². The highest BCUT2D eigenvalue weighted by atomic mass is 16.2. The minimum Gasteiger partial charge on any atom is -0.395 e. The van der Waals surface area contributed by atoms with Crippen molar-refractivity contribution in [3.63, 3.8) is 0 Å². The molecule has 2 saturated heterocycles. The van der Waals surface area contributed by atoms with Crippen LogP contribution in [0.1, 0.15) is 36.1 Å². The number of aromatic nitrogens is 1. The van der Waals surface area contributed by atoms with E-state index < -0.39 is 0 Å². The maximum atomic E-state index is 13.1. The van der Waals surface area contributed by atoms with Gasteiger partial charge in [0.05, 0.1) is 24.3 Å². The molecule has 1 unspecified atom stereocenters. The quantitative estimate of drug-likeness (QED) is 0.798. The molecule has 29 heavy (non-hydrogen) atoms. The highest BCUT2D eigenvalue weighted by Crippen LogP contribution is 2.41. The van der Waals surface area contributed by atoms with Gasteiger partial charge in [0.1, 0.15) is 0 Å². The zero-order valence-corrected chi connectivity index (χ0v) is 16.7. The van der Waals surface area contributed by atoms with Crippen LogP contribution in [0.4, 0.5) is 0 Å². The molecule has 150 valence electrons. The van der Waals surface area contributed by atoms with Gasteiger partial charge >= 0.3 is 0 Å². The van der Waals surface area contributed by atoms with E-state index in [-0.39, 0.29) is 12.0 Å². The highest BCUT2D eigenvalue weighted by Gasteiger charge is 2.50. The molecule has 0 aliphatic carbocycles. The summed E-state index contributed by atoms with van der Waals surface area (Å²) >= 11 is 0. The lowest BCUT2D eigenvalue weighted by atomic mass is 9.85. The number of benzene rings is 1. The molecule has 2 fully saturated rings. The third kappa shape index (κ3) is 4.50. The monoisotopic (exact) mass is 389 g/mol. The summed E-state index contributed by atoms with van der Waals surface area (Å²) in [7, 11) is 0. The Morgan fingerprint density at radius 3 is 2.66 bits per heavy atom. The van der Waals surface area contributed by atoms with Gasteiger partial charge in [-0.2, -0.15) is 0 Å². The second kappa shape index (κ2) is 8.77. The molecule has 1 N–H and O–H groups in total. The van der Waals surface area contributed by atoms with Crippen LogP contribution in [0.25, 0.3) is 0 Å². The second-order valence-electron chi connectivity index (χ2n) is 8.01. The molecule has 3 heterocycles. The van der Waals surface area contributed by atoms with Crippen LogP contribution in [0, 0.1) is 17.3 Å². The van der Waals surface area contributed by atoms with Crippen LogP contribution in [0.3, 0.4) is 0 Å². The smallest absolute Gasteiger partial charge is 0.230 e. The maximum absolute atomic E-state index is 13.1. The van der Waals surface area contributed by atoms with Crippen molar-refractivity contribution >= 4 is 5.91 Å². The molecule has 1 atom stereocenters. The highest BCUT2D eigenvalue weighted by molar-refractivity contribution is 5.85. The average molecular weight is 389 g/mol. The van der Waals surface area contributed by atoms with Gasteiger partial charge < -0.3 is 10.0 Å². The van der Waals surface area contributed by atoms with E-state index in [1.165, 1.54) is 5.56 Å². The molecule has 2 aliphatic rings. The number of carbonyl (C=O) groups excluding carboxylic acids is 1. The number of likely N-dealkylation sites (tertiary alicyclic amines) is 2. The Hall–Kier alpha value is -2.68. The Labute approximate surface area is 172 Å². The van der Waals surface area contributed by atoms with Crippen LogP contribution in [0.15, 0.2) is 48.7 Å². The number of amides is 1. The predicted octanol–water partition coefficient (Wildman–Crippen LogP) is 2.44. The third-order valence-electron chi connectivity index (χ3n) is 5.94. The lowest BCUT2D eigenvalue weighted by Gasteiger charge is -2.23. The topological polar surface area (TPSA) is 56.7 Å². The van der Waals surface area contributed by atoms with Gasteiger partial charge in [0, 0.05) is 37.8 Å². The van der Waals surface area contributed by atoms with Crippen LogP contribution in [0.2, 0.25) is 0 Å². The first kappa shape index (κ1) is 19.6. The zero-order chi connectivity index (χ0) is 20.1. The molecule has 2 aromatic rings. The molecule has 5 heteroatoms. The predicted molar refractivity (Wildman–Crippen MR) is 112 cm³/mol. The van der Waals surface area contributed by atoms with Crippen molar-refractivity contribution in [2.45, 2.75) is 32.4 Å². The fourth-order valence-electron chi connectivity index (χ4n) is 4.37. The molecule has 2 aliphatic heterocycles. The third-order valence-corrected chi connectivity index (χ3v) is 5.94. The summed E-state index contributed by atoms with van der Waals surface area (Å²) in [5.74, 6) is 6.30. The van der Waals surface area contributed by atoms with Crippen LogP contribution in [-0.4, -0.2) is 52.0 Å². The summed E-state index contributed by atoms with van der Waals surface area (Å²) in [6, 6.07) is 14.1. The Bertz CT molecular complexity index is 901. The Kier molecular flexibility index (Phi) is 5.94. The van der Waals surface area contributed by atoms with Crippen molar-refractivity contribution in [3.8, 4) is 11.8 Å². The van der Waals surface area contributed by atoms with Crippen molar-refractivity contribution in [1.29, 1.82) is 0 Å². The summed E-state index contributed by atoms with van der Waals surface area (Å²) in [6.45, 7) is 4.19. The van der Waals surface area contributed by atoms with Gasteiger partial charge in [0.15, 0.2) is 0 Å². The molecule has 0 saturated carbocycles. The van der Waals surface area contributed by atoms with Crippen molar-refractivity contribution in [2.24, 2.45) is 5.41 Å². The number of hydrogen-bond acceptors (Lipinski definition) is 4. The number of rotatable bonds is 5. The number of pyridine rings is 1. The molecular formula is C24H27N3O2. The fourth-order valence-corrected chi connectivity index (χ4v) is 4.37. The molecule has 1 aromatic heterocycles. The molecule has 1 amide bonds. The van der Waals surface area contributed by atoms with E-state index >= 15 is 0 Å². The zero-order valence-electron chi connectivity index (χ0n) is 16.7. The average Bonchev–Trinajstić information content (AvgIpc) is 3.29. The van der Waals surface area contributed by atoms with Crippen LogP contribution in [0.5, 0.6) is 0 Å². The Balaban J connectivity index is 1.34. The second-order valence-corrected chi connectivity index (χ2v) is 8.01. The molecule has 0 bridgehead atoms. The molecular weight excluding hydrogens is 362 g/mol. The van der Waals surface area contributed by atoms with E-state index in [0.717, 1.165) is 50.3 Å². The van der Waals surface area contributed by atoms with Crippen molar-refractivity contribution < 1.29 is 9.90 Å². The van der Waals surface area contributed by atoms with Crippen molar-refractivity contribution in [3.05, 3.63) is 65.5 Å². The van der Waals surface area contributed by atoms with Crippen LogP contribution < -0.4 is 0 Å². The largest absolute Gasteiger partial charge is 0.395 e. The van der Waals surface area contributed by atoms with E-state index in [2.05, 4.69) is 33.9 Å². The summed E-state index contributed by atoms with van der Waals surface area (Å²) in [6.07, 6.45) is 4.17. The minimum atomic E-state index is -0.218. The Morgan fingerprint density at radius 2 is 1.90 bits per heavy atom. The lowest BCUT2D eigenvalue weighted by Crippen LogP contribution is -2.36. The van der Waals surface area contributed by atoms with Crippen LogP contribution in [-0.2, 0) is 17.9 Å². The minimum absolute atomic E-state index is 0.0970. The number of aliphatic hydroxyl groups is 1. The summed E-state index contributed by atoms with van der Waals surface area (Å²) in [4.78, 5) is 21.9. The summed E-state index contributed by atoms with van der Waals surface area (Å²) < 4.78 is 0. The first-order valence-corrected chi connectivity index (χ1v) is 10.3. The molecule has 0 radical (unpaired) electrons. The maximum Gasteiger partial charge on any atom is 0.230 e. The van der Waals surface area contributed by atoms with E-state index in [1.807, 2.05) is 35.2 Å². The molecule has 1 spiro atoms. The number of aliphatic hydroxyl groups excluding tert-OH is 1. The van der Waals surface area contributed by atoms with Gasteiger partial charge in [-0.3, -0.25) is 14.7 Å². The number of hydrogen-bond donors (Lipinski definition) is 1.